The van der Waals surface area contributed by atoms with Gasteiger partial charge in [0.25, 0.3) is 5.91 Å². The zero-order chi connectivity index (χ0) is 14.5. The Balaban J connectivity index is 2.00. The lowest BCUT2D eigenvalue weighted by molar-refractivity contribution is 0.0951. The van der Waals surface area contributed by atoms with Crippen LogP contribution in [0.2, 0.25) is 0 Å². The number of nitrogens with one attached hydrogen (secondary N) is 1. The Morgan fingerprint density at radius 3 is 2.40 bits per heavy atom. The monoisotopic (exact) mass is 274 g/mol. The van der Waals surface area contributed by atoms with Crippen molar-refractivity contribution in [3.05, 3.63) is 65.0 Å². The van der Waals surface area contributed by atoms with Crippen molar-refractivity contribution in [3.8, 4) is 0 Å². The summed E-state index contributed by atoms with van der Waals surface area (Å²) >= 11 is 0. The molecule has 2 rings (SSSR count). The van der Waals surface area contributed by atoms with Gasteiger partial charge in [0.1, 0.15) is 5.82 Å². The quantitative estimate of drug-likeness (QED) is 0.744. The van der Waals surface area contributed by atoms with Crippen molar-refractivity contribution in [2.45, 2.75) is 13.2 Å². The number of amides is 1. The summed E-state index contributed by atoms with van der Waals surface area (Å²) in [5, 5.41) is 11.6. The first kappa shape index (κ1) is 14.0. The van der Waals surface area contributed by atoms with Crippen molar-refractivity contribution in [2.75, 3.05) is 5.73 Å². The molecule has 0 heterocycles. The molecule has 0 atom stereocenters. The van der Waals surface area contributed by atoms with Gasteiger partial charge in [-0.15, -0.1) is 0 Å². The van der Waals surface area contributed by atoms with Crippen molar-refractivity contribution in [1.82, 2.24) is 5.32 Å². The van der Waals surface area contributed by atoms with Crippen LogP contribution in [0.3, 0.4) is 0 Å². The minimum atomic E-state index is -0.473. The maximum Gasteiger partial charge on any atom is 0.253 e. The Labute approximate surface area is 116 Å². The Kier molecular flexibility index (Phi) is 4.32. The highest BCUT2D eigenvalue weighted by molar-refractivity contribution is 5.99. The van der Waals surface area contributed by atoms with Gasteiger partial charge in [0.05, 0.1) is 12.2 Å². The molecule has 0 radical (unpaired) electrons. The number of halogens is 1. The summed E-state index contributed by atoms with van der Waals surface area (Å²) in [5.41, 5.74) is 7.67. The lowest BCUT2D eigenvalue weighted by atomic mass is 10.1. The van der Waals surface area contributed by atoms with Gasteiger partial charge < -0.3 is 16.2 Å². The summed E-state index contributed by atoms with van der Waals surface area (Å²) in [6, 6.07) is 10.9. The van der Waals surface area contributed by atoms with E-state index in [1.807, 2.05) is 12.1 Å². The van der Waals surface area contributed by atoms with Gasteiger partial charge in [0, 0.05) is 12.2 Å². The predicted octanol–water partition coefficient (Wildman–Crippen LogP) is 1.83. The Hall–Kier alpha value is -2.40. The molecule has 2 aromatic rings. The number of aliphatic hydroxyl groups excluding tert-OH is 1. The Morgan fingerprint density at radius 2 is 1.80 bits per heavy atom. The molecule has 0 aromatic heterocycles. The normalized spacial score (nSPS) is 10.3. The van der Waals surface area contributed by atoms with Crippen molar-refractivity contribution < 1.29 is 14.3 Å². The zero-order valence-electron chi connectivity index (χ0n) is 10.8. The maximum absolute atomic E-state index is 12.9. The number of rotatable bonds is 4. The van der Waals surface area contributed by atoms with E-state index in [0.29, 0.717) is 6.54 Å². The summed E-state index contributed by atoms with van der Waals surface area (Å²) in [6.07, 6.45) is 0. The number of hydrogen-bond acceptors (Lipinski definition) is 3. The molecule has 0 saturated heterocycles. The first-order valence-corrected chi connectivity index (χ1v) is 6.12. The smallest absolute Gasteiger partial charge is 0.253 e. The highest BCUT2D eigenvalue weighted by Gasteiger charge is 2.09. The number of carbonyl (C=O) groups excluding carboxylic acids is 1. The number of hydrogen-bond donors (Lipinski definition) is 3. The van der Waals surface area contributed by atoms with Crippen LogP contribution in [0.5, 0.6) is 0 Å². The van der Waals surface area contributed by atoms with Gasteiger partial charge in [-0.2, -0.15) is 0 Å². The molecular weight excluding hydrogens is 259 g/mol. The Bertz CT molecular complexity index is 612. The summed E-state index contributed by atoms with van der Waals surface area (Å²) in [6.45, 7) is 0.320. The molecule has 5 heteroatoms. The standard InChI is InChI=1S/C15H15FN2O2/c16-12-5-6-13(14(17)7-12)15(20)18-8-10-1-3-11(9-19)4-2-10/h1-7,19H,8-9,17H2,(H,18,20). The summed E-state index contributed by atoms with van der Waals surface area (Å²) in [7, 11) is 0. The first-order chi connectivity index (χ1) is 9.60. The van der Waals surface area contributed by atoms with Crippen LogP contribution in [0.4, 0.5) is 10.1 Å². The van der Waals surface area contributed by atoms with Crippen LogP contribution in [-0.4, -0.2) is 11.0 Å². The lowest BCUT2D eigenvalue weighted by Gasteiger charge is -2.08. The zero-order valence-corrected chi connectivity index (χ0v) is 10.8. The van der Waals surface area contributed by atoms with Crippen molar-refractivity contribution in [1.29, 1.82) is 0 Å². The predicted molar refractivity (Wildman–Crippen MR) is 74.3 cm³/mol. The number of benzene rings is 2. The minimum absolute atomic E-state index is 0.0151. The van der Waals surface area contributed by atoms with Crippen LogP contribution in [0.1, 0.15) is 21.5 Å². The molecule has 0 unspecified atom stereocenters. The second-order valence-corrected chi connectivity index (χ2v) is 4.39. The van der Waals surface area contributed by atoms with Crippen LogP contribution in [-0.2, 0) is 13.2 Å². The van der Waals surface area contributed by atoms with E-state index in [4.69, 9.17) is 10.8 Å². The molecule has 0 bridgehead atoms. The van der Waals surface area contributed by atoms with Crippen molar-refractivity contribution in [2.24, 2.45) is 0 Å². The van der Waals surface area contributed by atoms with Gasteiger partial charge >= 0.3 is 0 Å². The third-order valence-corrected chi connectivity index (χ3v) is 2.92. The molecule has 0 fully saturated rings. The number of nitrogens with two attached hydrogens (primary N) is 1. The molecule has 4 N–H and O–H groups in total. The molecular formula is C15H15FN2O2. The van der Waals surface area contributed by atoms with E-state index in [-0.39, 0.29) is 23.8 Å². The molecule has 0 aliphatic carbocycles. The molecule has 1 amide bonds. The molecule has 20 heavy (non-hydrogen) atoms. The average molecular weight is 274 g/mol. The largest absolute Gasteiger partial charge is 0.398 e. The number of aliphatic hydroxyl groups is 1. The lowest BCUT2D eigenvalue weighted by Crippen LogP contribution is -2.23. The molecule has 0 aliphatic rings. The SMILES string of the molecule is Nc1cc(F)ccc1C(=O)NCc1ccc(CO)cc1. The van der Waals surface area contributed by atoms with Crippen LogP contribution in [0.25, 0.3) is 0 Å². The molecule has 0 aliphatic heterocycles. The Morgan fingerprint density at radius 1 is 1.15 bits per heavy atom. The topological polar surface area (TPSA) is 75.4 Å². The minimum Gasteiger partial charge on any atom is -0.398 e. The van der Waals surface area contributed by atoms with Crippen molar-refractivity contribution >= 4 is 11.6 Å². The van der Waals surface area contributed by atoms with E-state index in [2.05, 4.69) is 5.32 Å². The molecule has 104 valence electrons. The molecule has 4 nitrogen and oxygen atoms in total. The van der Waals surface area contributed by atoms with Gasteiger partial charge in [0.2, 0.25) is 0 Å². The highest BCUT2D eigenvalue weighted by Crippen LogP contribution is 2.13. The number of carbonyl (C=O) groups is 1. The van der Waals surface area contributed by atoms with Gasteiger partial charge in [-0.3, -0.25) is 4.79 Å². The van der Waals surface area contributed by atoms with Gasteiger partial charge in [-0.05, 0) is 29.3 Å². The van der Waals surface area contributed by atoms with E-state index in [1.54, 1.807) is 12.1 Å². The first-order valence-electron chi connectivity index (χ1n) is 6.12. The molecule has 0 saturated carbocycles. The molecule has 0 spiro atoms. The third-order valence-electron chi connectivity index (χ3n) is 2.92. The van der Waals surface area contributed by atoms with E-state index >= 15 is 0 Å². The molecule has 2 aromatic carbocycles. The van der Waals surface area contributed by atoms with E-state index in [9.17, 15) is 9.18 Å². The summed E-state index contributed by atoms with van der Waals surface area (Å²) in [5.74, 6) is -0.827. The second-order valence-electron chi connectivity index (χ2n) is 4.39. The summed E-state index contributed by atoms with van der Waals surface area (Å²) < 4.78 is 12.9. The van der Waals surface area contributed by atoms with Crippen LogP contribution < -0.4 is 11.1 Å². The van der Waals surface area contributed by atoms with Crippen LogP contribution in [0, 0.1) is 5.82 Å². The fourth-order valence-corrected chi connectivity index (χ4v) is 1.78. The summed E-state index contributed by atoms with van der Waals surface area (Å²) in [4.78, 5) is 11.9. The van der Waals surface area contributed by atoms with Crippen LogP contribution in [0.15, 0.2) is 42.5 Å². The van der Waals surface area contributed by atoms with Gasteiger partial charge in [-0.1, -0.05) is 24.3 Å². The third kappa shape index (κ3) is 3.33. The van der Waals surface area contributed by atoms with Crippen LogP contribution >= 0.6 is 0 Å². The second kappa shape index (κ2) is 6.16. The van der Waals surface area contributed by atoms with E-state index in [1.165, 1.54) is 12.1 Å². The van der Waals surface area contributed by atoms with Gasteiger partial charge in [-0.25, -0.2) is 4.39 Å². The average Bonchev–Trinajstić information content (AvgIpc) is 2.45. The highest BCUT2D eigenvalue weighted by atomic mass is 19.1. The number of anilines is 1. The van der Waals surface area contributed by atoms with Crippen molar-refractivity contribution in [3.63, 3.8) is 0 Å². The maximum atomic E-state index is 12.9. The fraction of sp³-hybridized carbons (Fsp3) is 0.133. The number of nitrogen functional groups attached to an aromatic ring is 1. The van der Waals surface area contributed by atoms with E-state index in [0.717, 1.165) is 17.2 Å². The van der Waals surface area contributed by atoms with E-state index < -0.39 is 5.82 Å². The fourth-order valence-electron chi connectivity index (χ4n) is 1.78. The van der Waals surface area contributed by atoms with Gasteiger partial charge in [0.15, 0.2) is 0 Å².